The van der Waals surface area contributed by atoms with Crippen LogP contribution in [0.5, 0.6) is 5.75 Å². The van der Waals surface area contributed by atoms with Crippen molar-refractivity contribution in [1.29, 1.82) is 0 Å². The summed E-state index contributed by atoms with van der Waals surface area (Å²) in [4.78, 5) is 0. The summed E-state index contributed by atoms with van der Waals surface area (Å²) in [7, 11) is 0. The normalized spacial score (nSPS) is 25.8. The van der Waals surface area contributed by atoms with Crippen molar-refractivity contribution in [3.8, 4) is 5.75 Å². The van der Waals surface area contributed by atoms with Gasteiger partial charge in [0.15, 0.2) is 0 Å². The van der Waals surface area contributed by atoms with Gasteiger partial charge in [-0.15, -0.1) is 13.2 Å². The molecule has 0 amide bonds. The van der Waals surface area contributed by atoms with E-state index in [0.29, 0.717) is 5.56 Å². The quantitative estimate of drug-likeness (QED) is 0.781. The van der Waals surface area contributed by atoms with E-state index in [4.69, 9.17) is 4.74 Å². The molecule has 0 fully saturated rings. The molecule has 0 aliphatic carbocycles. The lowest BCUT2D eigenvalue weighted by Crippen LogP contribution is -2.18. The van der Waals surface area contributed by atoms with Crippen molar-refractivity contribution in [3.63, 3.8) is 0 Å². The van der Waals surface area contributed by atoms with Gasteiger partial charge in [0.25, 0.3) is 0 Å². The Hall–Kier alpha value is -1.01. The van der Waals surface area contributed by atoms with Gasteiger partial charge in [-0.1, -0.05) is 28.1 Å². The van der Waals surface area contributed by atoms with Crippen LogP contribution in [-0.2, 0) is 4.74 Å². The van der Waals surface area contributed by atoms with Crippen molar-refractivity contribution in [3.05, 3.63) is 39.9 Å². The molecule has 0 radical (unpaired) electrons. The summed E-state index contributed by atoms with van der Waals surface area (Å²) < 4.78 is 47.1. The van der Waals surface area contributed by atoms with Gasteiger partial charge in [-0.25, -0.2) is 0 Å². The Balaban J connectivity index is 2.05. The predicted molar refractivity (Wildman–Crippen MR) is 56.7 cm³/mol. The van der Waals surface area contributed by atoms with Crippen molar-refractivity contribution in [1.82, 2.24) is 0 Å². The predicted octanol–water partition coefficient (Wildman–Crippen LogP) is 3.99. The fourth-order valence-corrected chi connectivity index (χ4v) is 2.73. The van der Waals surface area contributed by atoms with Gasteiger partial charge < -0.3 is 9.47 Å². The Morgan fingerprint density at radius 1 is 1.29 bits per heavy atom. The van der Waals surface area contributed by atoms with Crippen LogP contribution in [0.1, 0.15) is 23.3 Å². The molecule has 3 rings (SSSR count). The zero-order chi connectivity index (χ0) is 12.2. The van der Waals surface area contributed by atoms with Crippen molar-refractivity contribution in [2.45, 2.75) is 18.6 Å². The number of ether oxygens (including phenoxy) is 2. The molecule has 2 aliphatic rings. The van der Waals surface area contributed by atoms with Gasteiger partial charge in [-0.2, -0.15) is 0 Å². The van der Waals surface area contributed by atoms with E-state index in [1.807, 2.05) is 6.08 Å². The maximum atomic E-state index is 12.3. The fraction of sp³-hybridized carbons (Fsp3) is 0.273. The van der Waals surface area contributed by atoms with Gasteiger partial charge in [0.05, 0.1) is 0 Å². The number of hydrogen-bond acceptors (Lipinski definition) is 2. The van der Waals surface area contributed by atoms with Crippen LogP contribution < -0.4 is 4.74 Å². The standard InChI is InChI=1S/C11H6BrF3O2/c12-6-4-8-5-2-1-3-7(17-11(13,14)15)9(5)10(6)16-8/h1-4,8,10H. The van der Waals surface area contributed by atoms with Crippen LogP contribution in [0.2, 0.25) is 0 Å². The summed E-state index contributed by atoms with van der Waals surface area (Å²) >= 11 is 3.28. The lowest BCUT2D eigenvalue weighted by atomic mass is 9.96. The number of alkyl halides is 3. The zero-order valence-electron chi connectivity index (χ0n) is 8.29. The SMILES string of the molecule is FC(F)(F)Oc1cccc2c1C1OC2C=C1Br. The van der Waals surface area contributed by atoms with Gasteiger partial charge in [-0.3, -0.25) is 0 Å². The number of benzene rings is 1. The Morgan fingerprint density at radius 3 is 2.76 bits per heavy atom. The second-order valence-electron chi connectivity index (χ2n) is 3.80. The molecular formula is C11H6BrF3O2. The molecule has 0 N–H and O–H groups in total. The van der Waals surface area contributed by atoms with Crippen LogP contribution in [0.25, 0.3) is 0 Å². The van der Waals surface area contributed by atoms with Crippen LogP contribution >= 0.6 is 15.9 Å². The molecule has 90 valence electrons. The average Bonchev–Trinajstić information content (AvgIpc) is 2.73. The Kier molecular flexibility index (Phi) is 2.28. The van der Waals surface area contributed by atoms with Crippen LogP contribution in [-0.4, -0.2) is 6.36 Å². The molecule has 2 atom stereocenters. The average molecular weight is 307 g/mol. The molecule has 1 aromatic rings. The molecule has 2 unspecified atom stereocenters. The van der Waals surface area contributed by atoms with Crippen molar-refractivity contribution in [2.75, 3.05) is 0 Å². The van der Waals surface area contributed by atoms with Crippen molar-refractivity contribution >= 4 is 15.9 Å². The Labute approximate surface area is 103 Å². The van der Waals surface area contributed by atoms with Gasteiger partial charge in [0.2, 0.25) is 0 Å². The lowest BCUT2D eigenvalue weighted by molar-refractivity contribution is -0.275. The summed E-state index contributed by atoms with van der Waals surface area (Å²) in [5, 5.41) is 0. The van der Waals surface area contributed by atoms with Gasteiger partial charge in [0, 0.05) is 10.0 Å². The third kappa shape index (κ3) is 1.75. The molecule has 17 heavy (non-hydrogen) atoms. The van der Waals surface area contributed by atoms with Gasteiger partial charge in [-0.05, 0) is 17.7 Å². The van der Waals surface area contributed by atoms with E-state index in [1.165, 1.54) is 12.1 Å². The molecule has 0 aromatic heterocycles. The first-order valence-corrected chi connectivity index (χ1v) is 5.66. The molecule has 2 nitrogen and oxygen atoms in total. The molecule has 1 aromatic carbocycles. The van der Waals surface area contributed by atoms with E-state index in [0.717, 1.165) is 10.0 Å². The van der Waals surface area contributed by atoms with Crippen LogP contribution in [0.15, 0.2) is 28.8 Å². The molecule has 0 spiro atoms. The second kappa shape index (κ2) is 3.49. The Morgan fingerprint density at radius 2 is 2.06 bits per heavy atom. The smallest absolute Gasteiger partial charge is 0.405 e. The van der Waals surface area contributed by atoms with E-state index in [2.05, 4.69) is 20.7 Å². The minimum atomic E-state index is -4.69. The maximum absolute atomic E-state index is 12.3. The summed E-state index contributed by atoms with van der Waals surface area (Å²) in [6.45, 7) is 0. The number of halogens is 4. The fourth-order valence-electron chi connectivity index (χ4n) is 2.16. The monoisotopic (exact) mass is 306 g/mol. The third-order valence-corrected chi connectivity index (χ3v) is 3.42. The van der Waals surface area contributed by atoms with Crippen LogP contribution in [0.3, 0.4) is 0 Å². The van der Waals surface area contributed by atoms with E-state index in [1.54, 1.807) is 6.07 Å². The summed E-state index contributed by atoms with van der Waals surface area (Å²) in [6, 6.07) is 4.58. The van der Waals surface area contributed by atoms with E-state index >= 15 is 0 Å². The highest BCUT2D eigenvalue weighted by atomic mass is 79.9. The van der Waals surface area contributed by atoms with Crippen LogP contribution in [0.4, 0.5) is 13.2 Å². The van der Waals surface area contributed by atoms with E-state index in [9.17, 15) is 13.2 Å². The third-order valence-electron chi connectivity index (χ3n) is 2.74. The molecule has 6 heteroatoms. The lowest BCUT2D eigenvalue weighted by Gasteiger charge is -2.16. The van der Waals surface area contributed by atoms with Crippen molar-refractivity contribution < 1.29 is 22.6 Å². The second-order valence-corrected chi connectivity index (χ2v) is 4.71. The topological polar surface area (TPSA) is 18.5 Å². The molecule has 2 heterocycles. The number of hydrogen-bond donors (Lipinski definition) is 0. The highest BCUT2D eigenvalue weighted by Gasteiger charge is 2.42. The molecule has 2 bridgehead atoms. The first kappa shape index (κ1) is 11.1. The highest BCUT2D eigenvalue weighted by molar-refractivity contribution is 9.11. The Bertz CT molecular complexity index is 510. The molecule has 2 aliphatic heterocycles. The highest BCUT2D eigenvalue weighted by Crippen LogP contribution is 2.55. The number of fused-ring (bicyclic) bond motifs is 5. The van der Waals surface area contributed by atoms with Gasteiger partial charge >= 0.3 is 6.36 Å². The van der Waals surface area contributed by atoms with Crippen LogP contribution in [0, 0.1) is 0 Å². The summed E-state index contributed by atoms with van der Waals surface area (Å²) in [5.74, 6) is -0.187. The first-order chi connectivity index (χ1) is 7.96. The maximum Gasteiger partial charge on any atom is 0.573 e. The first-order valence-electron chi connectivity index (χ1n) is 4.87. The largest absolute Gasteiger partial charge is 0.573 e. The molecule has 0 saturated heterocycles. The molecule has 0 saturated carbocycles. The molecular weight excluding hydrogens is 301 g/mol. The van der Waals surface area contributed by atoms with E-state index in [-0.39, 0.29) is 11.9 Å². The number of rotatable bonds is 1. The summed E-state index contributed by atoms with van der Waals surface area (Å²) in [5.41, 5.74) is 1.20. The minimum absolute atomic E-state index is 0.187. The van der Waals surface area contributed by atoms with E-state index < -0.39 is 12.5 Å². The summed E-state index contributed by atoms with van der Waals surface area (Å²) in [6.07, 6.45) is -3.60. The van der Waals surface area contributed by atoms with Gasteiger partial charge in [0.1, 0.15) is 18.0 Å². The zero-order valence-corrected chi connectivity index (χ0v) is 9.88. The minimum Gasteiger partial charge on any atom is -0.405 e. The van der Waals surface area contributed by atoms with Crippen molar-refractivity contribution in [2.24, 2.45) is 0 Å².